The van der Waals surface area contributed by atoms with Gasteiger partial charge in [-0.25, -0.2) is 4.98 Å². The lowest BCUT2D eigenvalue weighted by atomic mass is 10.1. The van der Waals surface area contributed by atoms with Gasteiger partial charge in [0.15, 0.2) is 0 Å². The Hall–Kier alpha value is -2.10. The molecule has 0 aliphatic heterocycles. The predicted molar refractivity (Wildman–Crippen MR) is 81.5 cm³/mol. The van der Waals surface area contributed by atoms with Gasteiger partial charge < -0.3 is 10.1 Å². The number of nitrogens with one attached hydrogen (secondary N) is 1. The molecular formula is C16H21N3O. The molecule has 0 radical (unpaired) electrons. The van der Waals surface area contributed by atoms with Crippen molar-refractivity contribution in [2.45, 2.75) is 34.1 Å². The van der Waals surface area contributed by atoms with Gasteiger partial charge >= 0.3 is 0 Å². The van der Waals surface area contributed by atoms with Crippen LogP contribution in [0.15, 0.2) is 24.4 Å². The summed E-state index contributed by atoms with van der Waals surface area (Å²) in [6, 6.07) is 6.11. The standard InChI is InChI=1S/C16H21N3O/c1-5-8-17-16-18-10-13(4)15(19-16)20-14-7-6-11(2)9-12(14)3/h6-7,9-10H,5,8H2,1-4H3,(H,17,18,19). The molecule has 4 nitrogen and oxygen atoms in total. The van der Waals surface area contributed by atoms with Crippen molar-refractivity contribution in [2.75, 3.05) is 11.9 Å². The molecule has 1 N–H and O–H groups in total. The van der Waals surface area contributed by atoms with Gasteiger partial charge in [0.25, 0.3) is 0 Å². The average Bonchev–Trinajstić information content (AvgIpc) is 2.42. The number of aromatic nitrogens is 2. The van der Waals surface area contributed by atoms with Crippen LogP contribution in [0.1, 0.15) is 30.0 Å². The number of anilines is 1. The topological polar surface area (TPSA) is 47.0 Å². The van der Waals surface area contributed by atoms with E-state index in [0.29, 0.717) is 11.8 Å². The summed E-state index contributed by atoms with van der Waals surface area (Å²) in [5.41, 5.74) is 3.25. The van der Waals surface area contributed by atoms with Crippen LogP contribution in [-0.4, -0.2) is 16.5 Å². The minimum atomic E-state index is 0.602. The van der Waals surface area contributed by atoms with Crippen molar-refractivity contribution in [3.05, 3.63) is 41.1 Å². The summed E-state index contributed by atoms with van der Waals surface area (Å²) in [4.78, 5) is 8.68. The van der Waals surface area contributed by atoms with Gasteiger partial charge in [-0.1, -0.05) is 24.6 Å². The molecule has 0 amide bonds. The van der Waals surface area contributed by atoms with Gasteiger partial charge in [0, 0.05) is 18.3 Å². The van der Waals surface area contributed by atoms with Gasteiger partial charge in [0.1, 0.15) is 5.75 Å². The quantitative estimate of drug-likeness (QED) is 0.892. The van der Waals surface area contributed by atoms with Crippen molar-refractivity contribution >= 4 is 5.95 Å². The van der Waals surface area contributed by atoms with Gasteiger partial charge in [-0.3, -0.25) is 0 Å². The summed E-state index contributed by atoms with van der Waals surface area (Å²) < 4.78 is 5.92. The van der Waals surface area contributed by atoms with E-state index in [4.69, 9.17) is 4.74 Å². The highest BCUT2D eigenvalue weighted by molar-refractivity contribution is 5.40. The monoisotopic (exact) mass is 271 g/mol. The summed E-state index contributed by atoms with van der Waals surface area (Å²) >= 11 is 0. The smallest absolute Gasteiger partial charge is 0.226 e. The summed E-state index contributed by atoms with van der Waals surface area (Å²) in [6.45, 7) is 9.01. The van der Waals surface area contributed by atoms with E-state index in [0.717, 1.165) is 29.8 Å². The molecule has 0 atom stereocenters. The SMILES string of the molecule is CCCNc1ncc(C)c(Oc2ccc(C)cc2C)n1. The van der Waals surface area contributed by atoms with Crippen molar-refractivity contribution in [3.8, 4) is 11.6 Å². The van der Waals surface area contributed by atoms with E-state index in [1.807, 2.05) is 26.0 Å². The largest absolute Gasteiger partial charge is 0.438 e. The van der Waals surface area contributed by atoms with Crippen LogP contribution < -0.4 is 10.1 Å². The third kappa shape index (κ3) is 3.47. The molecule has 0 spiro atoms. The van der Waals surface area contributed by atoms with Gasteiger partial charge in [0.2, 0.25) is 11.8 Å². The molecule has 0 saturated carbocycles. The molecule has 1 aromatic heterocycles. The molecule has 0 saturated heterocycles. The maximum atomic E-state index is 5.92. The molecule has 1 heterocycles. The van der Waals surface area contributed by atoms with Crippen LogP contribution in [0.4, 0.5) is 5.95 Å². The van der Waals surface area contributed by atoms with Crippen LogP contribution in [0.5, 0.6) is 11.6 Å². The van der Waals surface area contributed by atoms with Crippen molar-refractivity contribution in [3.63, 3.8) is 0 Å². The Morgan fingerprint density at radius 3 is 2.65 bits per heavy atom. The highest BCUT2D eigenvalue weighted by Crippen LogP contribution is 2.26. The Morgan fingerprint density at radius 2 is 1.95 bits per heavy atom. The van der Waals surface area contributed by atoms with Crippen molar-refractivity contribution in [1.82, 2.24) is 9.97 Å². The zero-order valence-corrected chi connectivity index (χ0v) is 12.5. The molecule has 1 aromatic carbocycles. The zero-order chi connectivity index (χ0) is 14.5. The van der Waals surface area contributed by atoms with E-state index < -0.39 is 0 Å². The molecule has 4 heteroatoms. The van der Waals surface area contributed by atoms with Gasteiger partial charge in [0.05, 0.1) is 0 Å². The molecule has 0 aliphatic carbocycles. The van der Waals surface area contributed by atoms with E-state index in [9.17, 15) is 0 Å². The average molecular weight is 271 g/mol. The third-order valence-corrected chi connectivity index (χ3v) is 3.00. The number of benzene rings is 1. The maximum Gasteiger partial charge on any atom is 0.226 e. The first-order valence-electron chi connectivity index (χ1n) is 6.92. The number of aryl methyl sites for hydroxylation is 3. The minimum Gasteiger partial charge on any atom is -0.438 e. The Bertz CT molecular complexity index is 596. The Morgan fingerprint density at radius 1 is 1.15 bits per heavy atom. The normalized spacial score (nSPS) is 10.4. The summed E-state index contributed by atoms with van der Waals surface area (Å²) in [5.74, 6) is 2.04. The molecule has 20 heavy (non-hydrogen) atoms. The molecule has 0 bridgehead atoms. The van der Waals surface area contributed by atoms with Crippen molar-refractivity contribution in [2.24, 2.45) is 0 Å². The zero-order valence-electron chi connectivity index (χ0n) is 12.5. The molecule has 2 rings (SSSR count). The summed E-state index contributed by atoms with van der Waals surface area (Å²) in [7, 11) is 0. The molecule has 106 valence electrons. The summed E-state index contributed by atoms with van der Waals surface area (Å²) in [6.07, 6.45) is 2.81. The fraction of sp³-hybridized carbons (Fsp3) is 0.375. The van der Waals surface area contributed by atoms with Crippen LogP contribution in [0.25, 0.3) is 0 Å². The molecule has 0 unspecified atom stereocenters. The number of rotatable bonds is 5. The first-order chi connectivity index (χ1) is 9.60. The van der Waals surface area contributed by atoms with E-state index in [-0.39, 0.29) is 0 Å². The fourth-order valence-corrected chi connectivity index (χ4v) is 1.87. The van der Waals surface area contributed by atoms with Crippen LogP contribution >= 0.6 is 0 Å². The second kappa shape index (κ2) is 6.37. The van der Waals surface area contributed by atoms with Gasteiger partial charge in [-0.05, 0) is 38.8 Å². The number of hydrogen-bond acceptors (Lipinski definition) is 4. The Labute approximate surface area is 120 Å². The highest BCUT2D eigenvalue weighted by Gasteiger charge is 2.08. The second-order valence-corrected chi connectivity index (χ2v) is 4.98. The van der Waals surface area contributed by atoms with Crippen LogP contribution in [-0.2, 0) is 0 Å². The predicted octanol–water partition coefficient (Wildman–Crippen LogP) is 4.02. The highest BCUT2D eigenvalue weighted by atomic mass is 16.5. The fourth-order valence-electron chi connectivity index (χ4n) is 1.87. The third-order valence-electron chi connectivity index (χ3n) is 3.00. The molecule has 0 fully saturated rings. The Balaban J connectivity index is 2.23. The maximum absolute atomic E-state index is 5.92. The molecule has 2 aromatic rings. The van der Waals surface area contributed by atoms with Gasteiger partial charge in [-0.15, -0.1) is 0 Å². The molecular weight excluding hydrogens is 250 g/mol. The first kappa shape index (κ1) is 14.3. The van der Waals surface area contributed by atoms with Crippen LogP contribution in [0, 0.1) is 20.8 Å². The minimum absolute atomic E-state index is 0.602. The van der Waals surface area contributed by atoms with E-state index in [1.54, 1.807) is 6.20 Å². The van der Waals surface area contributed by atoms with E-state index >= 15 is 0 Å². The van der Waals surface area contributed by atoms with Crippen LogP contribution in [0.3, 0.4) is 0 Å². The second-order valence-electron chi connectivity index (χ2n) is 4.98. The van der Waals surface area contributed by atoms with E-state index in [2.05, 4.69) is 35.2 Å². The molecule has 0 aliphatic rings. The van der Waals surface area contributed by atoms with Gasteiger partial charge in [-0.2, -0.15) is 4.98 Å². The van der Waals surface area contributed by atoms with E-state index in [1.165, 1.54) is 5.56 Å². The lowest BCUT2D eigenvalue weighted by Gasteiger charge is -2.11. The summed E-state index contributed by atoms with van der Waals surface area (Å²) in [5, 5.41) is 3.17. The lowest BCUT2D eigenvalue weighted by Crippen LogP contribution is -2.05. The lowest BCUT2D eigenvalue weighted by molar-refractivity contribution is 0.454. The van der Waals surface area contributed by atoms with Crippen molar-refractivity contribution in [1.29, 1.82) is 0 Å². The number of nitrogens with zero attached hydrogens (tertiary/aromatic N) is 2. The van der Waals surface area contributed by atoms with Crippen molar-refractivity contribution < 1.29 is 4.74 Å². The number of hydrogen-bond donors (Lipinski definition) is 1. The Kier molecular flexibility index (Phi) is 4.56. The first-order valence-corrected chi connectivity index (χ1v) is 6.92. The van der Waals surface area contributed by atoms with Crippen LogP contribution in [0.2, 0.25) is 0 Å². The number of ether oxygens (including phenoxy) is 1.